The standard InChI is InChI=1S/C43H45BrClN3O6/c1-4-47(33-13-9-6-10-14-33)25-31-21-30(22-37(44)41(31)46)43(51)54-39(28-11-7-5-8-12-28)26-53-40(49)24-35-27(2)48(38-20-19-34(52-3)23-36(35)38)42(50)29-15-17-32(45)18-16-29/h5,7-8,11-12,15-23,33,39H,4,6,9-10,13-14,24-26,46H2,1-3H3. The van der Waals surface area contributed by atoms with Gasteiger partial charge in [-0.25, -0.2) is 4.79 Å². The molecule has 6 rings (SSSR count). The molecule has 0 spiro atoms. The molecule has 11 heteroatoms. The average molecular weight is 815 g/mol. The van der Waals surface area contributed by atoms with E-state index in [-0.39, 0.29) is 18.9 Å². The van der Waals surface area contributed by atoms with Gasteiger partial charge in [0.05, 0.1) is 30.3 Å². The van der Waals surface area contributed by atoms with Gasteiger partial charge in [-0.3, -0.25) is 19.1 Å². The van der Waals surface area contributed by atoms with E-state index in [1.54, 1.807) is 73.2 Å². The molecule has 4 aromatic carbocycles. The number of hydrogen-bond donors (Lipinski definition) is 1. The molecular formula is C43H45BrClN3O6. The summed E-state index contributed by atoms with van der Waals surface area (Å²) >= 11 is 9.65. The highest BCUT2D eigenvalue weighted by atomic mass is 79.9. The molecule has 5 aromatic rings. The molecule has 1 atom stereocenters. The van der Waals surface area contributed by atoms with Crippen LogP contribution in [-0.2, 0) is 27.2 Å². The van der Waals surface area contributed by atoms with Crippen molar-refractivity contribution in [3.8, 4) is 5.75 Å². The number of benzene rings is 4. The smallest absolute Gasteiger partial charge is 0.338 e. The van der Waals surface area contributed by atoms with Crippen LogP contribution >= 0.6 is 27.5 Å². The van der Waals surface area contributed by atoms with Gasteiger partial charge in [-0.1, -0.05) is 68.1 Å². The van der Waals surface area contributed by atoms with Crippen LogP contribution in [0.3, 0.4) is 0 Å². The molecule has 282 valence electrons. The summed E-state index contributed by atoms with van der Waals surface area (Å²) in [7, 11) is 1.56. The second-order valence-electron chi connectivity index (χ2n) is 13.6. The van der Waals surface area contributed by atoms with Crippen molar-refractivity contribution in [1.29, 1.82) is 0 Å². The number of fused-ring (bicyclic) bond motifs is 1. The van der Waals surface area contributed by atoms with Gasteiger partial charge in [0.25, 0.3) is 5.91 Å². The number of hydrogen-bond acceptors (Lipinski definition) is 8. The summed E-state index contributed by atoms with van der Waals surface area (Å²) in [5.41, 5.74) is 11.3. The van der Waals surface area contributed by atoms with Crippen molar-refractivity contribution in [2.75, 3.05) is 26.0 Å². The van der Waals surface area contributed by atoms with E-state index >= 15 is 0 Å². The van der Waals surface area contributed by atoms with Crippen molar-refractivity contribution in [1.82, 2.24) is 9.47 Å². The summed E-state index contributed by atoms with van der Waals surface area (Å²) in [6.45, 7) is 5.24. The molecule has 1 aliphatic rings. The van der Waals surface area contributed by atoms with Crippen LogP contribution in [0.5, 0.6) is 5.75 Å². The lowest BCUT2D eigenvalue weighted by Crippen LogP contribution is -2.36. The number of nitrogens with zero attached hydrogens (tertiary/aromatic N) is 2. The fraction of sp³-hybridized carbons (Fsp3) is 0.326. The molecule has 1 aromatic heterocycles. The Morgan fingerprint density at radius 2 is 1.69 bits per heavy atom. The number of halogens is 2. The quantitative estimate of drug-likeness (QED) is 0.0925. The molecular weight excluding hydrogens is 770 g/mol. The van der Waals surface area contributed by atoms with E-state index in [0.29, 0.717) is 72.4 Å². The van der Waals surface area contributed by atoms with E-state index in [1.165, 1.54) is 19.3 Å². The van der Waals surface area contributed by atoms with Gasteiger partial charge in [0, 0.05) is 38.7 Å². The first-order chi connectivity index (χ1) is 26.1. The van der Waals surface area contributed by atoms with E-state index in [9.17, 15) is 14.4 Å². The molecule has 1 aliphatic carbocycles. The van der Waals surface area contributed by atoms with E-state index in [1.807, 2.05) is 30.3 Å². The summed E-state index contributed by atoms with van der Waals surface area (Å²) in [4.78, 5) is 43.6. The topological polar surface area (TPSA) is 113 Å². The third-order valence-electron chi connectivity index (χ3n) is 10.3. The Labute approximate surface area is 329 Å². The number of carbonyl (C=O) groups excluding carboxylic acids is 3. The highest BCUT2D eigenvalue weighted by Crippen LogP contribution is 2.33. The first-order valence-corrected chi connectivity index (χ1v) is 19.5. The minimum atomic E-state index is -0.883. The Hall–Kier alpha value is -4.64. The number of nitrogens with two attached hydrogens (primary N) is 1. The van der Waals surface area contributed by atoms with Crippen molar-refractivity contribution in [3.63, 3.8) is 0 Å². The van der Waals surface area contributed by atoms with Crippen molar-refractivity contribution in [2.24, 2.45) is 0 Å². The van der Waals surface area contributed by atoms with Crippen LogP contribution in [0.2, 0.25) is 5.02 Å². The van der Waals surface area contributed by atoms with Crippen LogP contribution in [0.1, 0.15) is 88.2 Å². The third-order valence-corrected chi connectivity index (χ3v) is 11.2. The molecule has 0 saturated heterocycles. The SMILES string of the molecule is CCN(Cc1cc(C(=O)OC(COC(=O)Cc2c(C)n(C(=O)c3ccc(Cl)cc3)c3ccc(OC)cc23)c2ccccc2)cc(Br)c1N)C1CCCCC1. The monoisotopic (exact) mass is 813 g/mol. The molecule has 0 bridgehead atoms. The van der Waals surface area contributed by atoms with Gasteiger partial charge < -0.3 is 19.9 Å². The van der Waals surface area contributed by atoms with Gasteiger partial charge in [-0.15, -0.1) is 0 Å². The number of nitrogen functional groups attached to an aromatic ring is 1. The normalized spacial score (nSPS) is 13.9. The van der Waals surface area contributed by atoms with Gasteiger partial charge >= 0.3 is 11.9 Å². The maximum atomic E-state index is 13.8. The molecule has 0 aliphatic heterocycles. The summed E-state index contributed by atoms with van der Waals surface area (Å²) in [5.74, 6) is -0.785. The predicted molar refractivity (Wildman–Crippen MR) is 215 cm³/mol. The van der Waals surface area contributed by atoms with Crippen LogP contribution in [-0.4, -0.2) is 53.6 Å². The second-order valence-corrected chi connectivity index (χ2v) is 14.9. The number of anilines is 1. The maximum Gasteiger partial charge on any atom is 0.338 e. The summed E-state index contributed by atoms with van der Waals surface area (Å²) < 4.78 is 19.6. The van der Waals surface area contributed by atoms with Gasteiger partial charge in [0.15, 0.2) is 6.10 Å². The van der Waals surface area contributed by atoms with E-state index in [4.69, 9.17) is 31.5 Å². The number of carbonyl (C=O) groups is 3. The summed E-state index contributed by atoms with van der Waals surface area (Å²) in [5, 5.41) is 1.21. The lowest BCUT2D eigenvalue weighted by Gasteiger charge is -2.34. The Balaban J connectivity index is 1.21. The zero-order chi connectivity index (χ0) is 38.4. The summed E-state index contributed by atoms with van der Waals surface area (Å²) in [6.07, 6.45) is 5.02. The molecule has 2 N–H and O–H groups in total. The Kier molecular flexibility index (Phi) is 12.8. The lowest BCUT2D eigenvalue weighted by molar-refractivity contribution is -0.146. The predicted octanol–water partition coefficient (Wildman–Crippen LogP) is 9.48. The molecule has 54 heavy (non-hydrogen) atoms. The van der Waals surface area contributed by atoms with E-state index < -0.39 is 18.0 Å². The Bertz CT molecular complexity index is 2130. The Morgan fingerprint density at radius 1 is 0.963 bits per heavy atom. The molecule has 0 radical (unpaired) electrons. The number of methoxy groups -OCH3 is 1. The highest BCUT2D eigenvalue weighted by molar-refractivity contribution is 9.10. The van der Waals surface area contributed by atoms with E-state index in [2.05, 4.69) is 27.8 Å². The third kappa shape index (κ3) is 8.83. The molecule has 9 nitrogen and oxygen atoms in total. The summed E-state index contributed by atoms with van der Waals surface area (Å²) in [6, 6.07) is 25.2. The molecule has 1 unspecified atom stereocenters. The maximum absolute atomic E-state index is 13.8. The van der Waals surface area contributed by atoms with Crippen LogP contribution in [0.15, 0.2) is 89.4 Å². The highest BCUT2D eigenvalue weighted by Gasteiger charge is 2.26. The van der Waals surface area contributed by atoms with Gasteiger partial charge in [0.1, 0.15) is 12.4 Å². The van der Waals surface area contributed by atoms with Crippen LogP contribution in [0.25, 0.3) is 10.9 Å². The van der Waals surface area contributed by atoms with Crippen LogP contribution in [0.4, 0.5) is 5.69 Å². The fourth-order valence-corrected chi connectivity index (χ4v) is 7.94. The number of ether oxygens (including phenoxy) is 3. The van der Waals surface area contributed by atoms with Gasteiger partial charge in [-0.05, 0) is 114 Å². The van der Waals surface area contributed by atoms with Crippen molar-refractivity contribution >= 4 is 62.0 Å². The zero-order valence-corrected chi connectivity index (χ0v) is 33.1. The largest absolute Gasteiger partial charge is 0.497 e. The molecule has 1 heterocycles. The van der Waals surface area contributed by atoms with E-state index in [0.717, 1.165) is 24.9 Å². The lowest BCUT2D eigenvalue weighted by atomic mass is 9.93. The Morgan fingerprint density at radius 3 is 2.37 bits per heavy atom. The zero-order valence-electron chi connectivity index (χ0n) is 30.8. The number of rotatable bonds is 13. The molecule has 1 saturated carbocycles. The van der Waals surface area contributed by atoms with Gasteiger partial charge in [0.2, 0.25) is 0 Å². The average Bonchev–Trinajstić information content (AvgIpc) is 3.46. The number of esters is 2. The first kappa shape index (κ1) is 39.1. The fourth-order valence-electron chi connectivity index (χ4n) is 7.31. The second kappa shape index (κ2) is 17.7. The first-order valence-electron chi connectivity index (χ1n) is 18.3. The van der Waals surface area contributed by atoms with Gasteiger partial charge in [-0.2, -0.15) is 0 Å². The van der Waals surface area contributed by atoms with Crippen LogP contribution < -0.4 is 10.5 Å². The minimum Gasteiger partial charge on any atom is -0.497 e. The molecule has 0 amide bonds. The van der Waals surface area contributed by atoms with Crippen molar-refractivity contribution in [3.05, 3.63) is 128 Å². The van der Waals surface area contributed by atoms with Crippen molar-refractivity contribution < 1.29 is 28.6 Å². The number of aromatic nitrogens is 1. The van der Waals surface area contributed by atoms with Crippen LogP contribution in [0, 0.1) is 6.92 Å². The van der Waals surface area contributed by atoms with Crippen molar-refractivity contribution in [2.45, 2.75) is 71.1 Å². The molecule has 1 fully saturated rings. The minimum absolute atomic E-state index is 0.130.